The van der Waals surface area contributed by atoms with Crippen LogP contribution in [0.25, 0.3) is 0 Å². The first-order valence-corrected chi connectivity index (χ1v) is 10.5. The molecule has 3 rings (SSSR count). The molecule has 3 atom stereocenters. The number of hydrogen-bond donors (Lipinski definition) is 6. The van der Waals surface area contributed by atoms with Crippen molar-refractivity contribution in [2.75, 3.05) is 6.61 Å². The zero-order valence-corrected chi connectivity index (χ0v) is 18.4. The number of nitrogens with one attached hydrogen (secondary N) is 2. The van der Waals surface area contributed by atoms with Crippen LogP contribution >= 0.6 is 0 Å². The van der Waals surface area contributed by atoms with Crippen molar-refractivity contribution in [3.05, 3.63) is 35.4 Å². The molecule has 0 unspecified atom stereocenters. The van der Waals surface area contributed by atoms with E-state index in [1.807, 2.05) is 0 Å². The van der Waals surface area contributed by atoms with Gasteiger partial charge in [-0.15, -0.1) is 0 Å². The van der Waals surface area contributed by atoms with E-state index >= 15 is 0 Å². The Morgan fingerprint density at radius 1 is 1.17 bits per heavy atom. The van der Waals surface area contributed by atoms with Gasteiger partial charge in [0.1, 0.15) is 6.04 Å². The van der Waals surface area contributed by atoms with E-state index < -0.39 is 35.5 Å². The summed E-state index contributed by atoms with van der Waals surface area (Å²) in [5.74, 6) is 8.06. The summed E-state index contributed by atoms with van der Waals surface area (Å²) in [4.78, 5) is 33.3. The minimum Gasteiger partial charge on any atom is -0.475 e. The molecule has 0 saturated heterocycles. The van der Waals surface area contributed by atoms with Gasteiger partial charge in [-0.2, -0.15) is 13.2 Å². The van der Waals surface area contributed by atoms with Gasteiger partial charge in [0.25, 0.3) is 11.8 Å². The molecule has 0 heterocycles. The minimum absolute atomic E-state index is 0.169. The number of nitrogens with two attached hydrogens (primary N) is 1. The standard InChI is InChI=1S/C21H23N3O4.C2HF3O2/c22-21(10-3-11-21)18(20(27)24-28)23-19(26)15-8-6-14(7-9-15)4-1-2-5-16-12-17(16)13-25;3-2(4,5)1(6)7/h6-9,16-18,25,28H,3,10-13,22H2,(H,23,26)(H,24,27);(H,6,7)/t16-,17-,18-;/m1./s1. The van der Waals surface area contributed by atoms with Gasteiger partial charge in [-0.25, -0.2) is 10.3 Å². The predicted octanol–water partition coefficient (Wildman–Crippen LogP) is 0.788. The first-order valence-electron chi connectivity index (χ1n) is 10.5. The summed E-state index contributed by atoms with van der Waals surface area (Å²) in [5.41, 5.74) is 7.95. The van der Waals surface area contributed by atoms with Crippen molar-refractivity contribution >= 4 is 17.8 Å². The molecule has 2 aliphatic carbocycles. The lowest BCUT2D eigenvalue weighted by Gasteiger charge is -2.43. The average molecular weight is 495 g/mol. The van der Waals surface area contributed by atoms with E-state index in [0.29, 0.717) is 24.0 Å². The Balaban J connectivity index is 0.000000540. The Morgan fingerprint density at radius 2 is 1.77 bits per heavy atom. The van der Waals surface area contributed by atoms with E-state index in [1.165, 1.54) is 0 Å². The van der Waals surface area contributed by atoms with Crippen LogP contribution in [0.4, 0.5) is 13.2 Å². The van der Waals surface area contributed by atoms with Crippen LogP contribution in [0.3, 0.4) is 0 Å². The highest BCUT2D eigenvalue weighted by atomic mass is 19.4. The molecular weight excluding hydrogens is 471 g/mol. The van der Waals surface area contributed by atoms with Gasteiger partial charge in [-0.1, -0.05) is 11.8 Å². The van der Waals surface area contributed by atoms with E-state index in [0.717, 1.165) is 12.8 Å². The Kier molecular flexibility index (Phi) is 9.25. The molecule has 0 aromatic heterocycles. The van der Waals surface area contributed by atoms with Crippen LogP contribution in [-0.4, -0.2) is 57.6 Å². The molecule has 0 aliphatic heterocycles. The van der Waals surface area contributed by atoms with Gasteiger partial charge in [0.2, 0.25) is 0 Å². The number of alkyl halides is 3. The average Bonchev–Trinajstić information content (AvgIpc) is 3.57. The summed E-state index contributed by atoms with van der Waals surface area (Å²) in [5, 5.41) is 27.6. The number of aliphatic hydroxyl groups is 1. The van der Waals surface area contributed by atoms with Gasteiger partial charge in [0, 0.05) is 29.2 Å². The van der Waals surface area contributed by atoms with Crippen LogP contribution < -0.4 is 16.5 Å². The van der Waals surface area contributed by atoms with Gasteiger partial charge < -0.3 is 21.3 Å². The third kappa shape index (κ3) is 8.00. The molecular formula is C23H24F3N3O6. The summed E-state index contributed by atoms with van der Waals surface area (Å²) in [6, 6.07) is 5.60. The third-order valence-corrected chi connectivity index (χ3v) is 5.58. The normalized spacial score (nSPS) is 20.1. The van der Waals surface area contributed by atoms with E-state index in [4.69, 9.17) is 25.9 Å². The van der Waals surface area contributed by atoms with Crippen LogP contribution in [0, 0.1) is 35.5 Å². The predicted molar refractivity (Wildman–Crippen MR) is 115 cm³/mol. The molecule has 188 valence electrons. The highest BCUT2D eigenvalue weighted by Crippen LogP contribution is 2.36. The lowest BCUT2D eigenvalue weighted by atomic mass is 9.72. The monoisotopic (exact) mass is 495 g/mol. The molecule has 2 aliphatic rings. The number of halogens is 3. The van der Waals surface area contributed by atoms with Gasteiger partial charge >= 0.3 is 12.1 Å². The second kappa shape index (κ2) is 11.7. The van der Waals surface area contributed by atoms with Crippen molar-refractivity contribution in [1.29, 1.82) is 0 Å². The molecule has 35 heavy (non-hydrogen) atoms. The number of aliphatic carboxylic acids is 1. The maximum absolute atomic E-state index is 12.5. The fourth-order valence-electron chi connectivity index (χ4n) is 3.19. The van der Waals surface area contributed by atoms with Crippen molar-refractivity contribution < 1.29 is 43.0 Å². The number of carbonyl (C=O) groups excluding carboxylic acids is 2. The molecule has 2 fully saturated rings. The molecule has 0 spiro atoms. The highest BCUT2D eigenvalue weighted by Gasteiger charge is 2.45. The number of aliphatic hydroxyl groups excluding tert-OH is 1. The van der Waals surface area contributed by atoms with Crippen molar-refractivity contribution in [2.45, 2.75) is 43.4 Å². The Bertz CT molecular complexity index is 1060. The van der Waals surface area contributed by atoms with Gasteiger partial charge in [0.05, 0.1) is 0 Å². The summed E-state index contributed by atoms with van der Waals surface area (Å²) in [6.07, 6.45) is -2.09. The number of carbonyl (C=O) groups is 3. The van der Waals surface area contributed by atoms with Crippen molar-refractivity contribution in [1.82, 2.24) is 10.8 Å². The van der Waals surface area contributed by atoms with Crippen molar-refractivity contribution in [2.24, 2.45) is 17.6 Å². The molecule has 0 radical (unpaired) electrons. The van der Waals surface area contributed by atoms with Crippen LogP contribution in [0.2, 0.25) is 0 Å². The summed E-state index contributed by atoms with van der Waals surface area (Å²) >= 11 is 0. The molecule has 2 amide bonds. The van der Waals surface area contributed by atoms with E-state index in [2.05, 4.69) is 29.0 Å². The van der Waals surface area contributed by atoms with Crippen molar-refractivity contribution in [3.8, 4) is 23.7 Å². The second-order valence-electron chi connectivity index (χ2n) is 8.15. The Labute approximate surface area is 198 Å². The third-order valence-electron chi connectivity index (χ3n) is 5.58. The number of amides is 2. The van der Waals surface area contributed by atoms with E-state index in [1.54, 1.807) is 29.7 Å². The number of carboxylic acid groups (broad SMARTS) is 1. The number of hydrogen-bond acceptors (Lipinski definition) is 6. The van der Waals surface area contributed by atoms with Crippen molar-refractivity contribution in [3.63, 3.8) is 0 Å². The number of hydroxylamine groups is 1. The highest BCUT2D eigenvalue weighted by molar-refractivity contribution is 5.98. The SMILES string of the molecule is NC1([C@H](NC(=O)c2ccc(C#CC#C[C@@H]3C[C@@H]3CO)cc2)C(=O)NO)CCC1.O=C(O)C(F)(F)F. The van der Waals surface area contributed by atoms with Crippen LogP contribution in [0.15, 0.2) is 24.3 Å². The minimum atomic E-state index is -5.08. The maximum Gasteiger partial charge on any atom is 0.490 e. The second-order valence-corrected chi connectivity index (χ2v) is 8.15. The summed E-state index contributed by atoms with van der Waals surface area (Å²) in [6.45, 7) is 0.169. The number of benzene rings is 1. The molecule has 9 nitrogen and oxygen atoms in total. The summed E-state index contributed by atoms with van der Waals surface area (Å²) < 4.78 is 31.7. The topological polar surface area (TPSA) is 162 Å². The smallest absolute Gasteiger partial charge is 0.475 e. The first kappa shape index (κ1) is 27.7. The molecule has 1 aromatic rings. The van der Waals surface area contributed by atoms with E-state index in [9.17, 15) is 22.8 Å². The largest absolute Gasteiger partial charge is 0.490 e. The van der Waals surface area contributed by atoms with E-state index in [-0.39, 0.29) is 18.4 Å². The molecule has 1 aromatic carbocycles. The number of rotatable bonds is 5. The molecule has 0 bridgehead atoms. The fourth-order valence-corrected chi connectivity index (χ4v) is 3.19. The molecule has 12 heteroatoms. The lowest BCUT2D eigenvalue weighted by molar-refractivity contribution is -0.192. The molecule has 2 saturated carbocycles. The number of carboxylic acids is 1. The zero-order valence-electron chi connectivity index (χ0n) is 18.4. The summed E-state index contributed by atoms with van der Waals surface area (Å²) in [7, 11) is 0. The van der Waals surface area contributed by atoms with Gasteiger partial charge in [-0.05, 0) is 67.7 Å². The zero-order chi connectivity index (χ0) is 26.2. The Morgan fingerprint density at radius 3 is 2.20 bits per heavy atom. The van der Waals surface area contributed by atoms with Gasteiger partial charge in [0.15, 0.2) is 0 Å². The van der Waals surface area contributed by atoms with Gasteiger partial charge in [-0.3, -0.25) is 14.8 Å². The van der Waals surface area contributed by atoms with Crippen LogP contribution in [0.1, 0.15) is 41.6 Å². The molecule has 7 N–H and O–H groups in total. The fraction of sp³-hybridized carbons (Fsp3) is 0.435. The Hall–Kier alpha value is -3.58. The first-order chi connectivity index (χ1) is 16.4. The van der Waals surface area contributed by atoms with Crippen LogP contribution in [-0.2, 0) is 9.59 Å². The quantitative estimate of drug-likeness (QED) is 0.200. The maximum atomic E-state index is 12.5. The lowest BCUT2D eigenvalue weighted by Crippen LogP contribution is -2.67. The van der Waals surface area contributed by atoms with Crippen LogP contribution in [0.5, 0.6) is 0 Å².